The monoisotopic (exact) mass is 167 g/mol. The van der Waals surface area contributed by atoms with E-state index < -0.39 is 0 Å². The van der Waals surface area contributed by atoms with Gasteiger partial charge >= 0.3 is 0 Å². The Morgan fingerprint density at radius 3 is 2.58 bits per heavy atom. The van der Waals surface area contributed by atoms with E-state index in [9.17, 15) is 4.79 Å². The Hall–Kier alpha value is -0.370. The zero-order valence-electron chi connectivity index (χ0n) is 7.62. The van der Waals surface area contributed by atoms with Gasteiger partial charge in [0.25, 0.3) is 0 Å². The highest BCUT2D eigenvalue weighted by atomic mass is 16.1. The van der Waals surface area contributed by atoms with E-state index >= 15 is 0 Å². The molecule has 4 unspecified atom stereocenters. The third-order valence-corrected chi connectivity index (χ3v) is 3.70. The van der Waals surface area contributed by atoms with Crippen LogP contribution in [-0.4, -0.2) is 11.8 Å². The number of fused-ring (bicyclic) bond motifs is 2. The zero-order valence-corrected chi connectivity index (χ0v) is 7.62. The van der Waals surface area contributed by atoms with E-state index in [4.69, 9.17) is 5.73 Å². The van der Waals surface area contributed by atoms with Crippen molar-refractivity contribution >= 4 is 5.78 Å². The first-order chi connectivity index (χ1) is 5.74. The molecule has 2 fully saturated rings. The largest absolute Gasteiger partial charge is 0.327 e. The molecule has 2 aliphatic rings. The van der Waals surface area contributed by atoms with E-state index in [1.807, 2.05) is 6.92 Å². The molecule has 0 radical (unpaired) electrons. The number of hydrogen-bond donors (Lipinski definition) is 1. The molecule has 2 nitrogen and oxygen atoms in total. The lowest BCUT2D eigenvalue weighted by molar-refractivity contribution is -0.124. The molecule has 2 rings (SSSR count). The molecule has 0 aromatic carbocycles. The highest BCUT2D eigenvalue weighted by Gasteiger charge is 2.48. The summed E-state index contributed by atoms with van der Waals surface area (Å²) in [6, 6.07) is 0.191. The Morgan fingerprint density at radius 1 is 1.42 bits per heavy atom. The van der Waals surface area contributed by atoms with Crippen molar-refractivity contribution in [1.29, 1.82) is 0 Å². The van der Waals surface area contributed by atoms with Crippen LogP contribution in [0.4, 0.5) is 0 Å². The van der Waals surface area contributed by atoms with Gasteiger partial charge in [0.1, 0.15) is 5.78 Å². The Labute approximate surface area is 73.5 Å². The second kappa shape index (κ2) is 2.84. The second-order valence-corrected chi connectivity index (χ2v) is 4.26. The summed E-state index contributed by atoms with van der Waals surface area (Å²) in [6.07, 6.45) is 4.40. The Balaban J connectivity index is 2.12. The predicted octanol–water partition coefficient (Wildman–Crippen LogP) is 1.34. The molecule has 0 aromatic heterocycles. The van der Waals surface area contributed by atoms with Gasteiger partial charge in [-0.15, -0.1) is 0 Å². The fourth-order valence-corrected chi connectivity index (χ4v) is 3.05. The Bertz CT molecular complexity index is 200. The molecule has 0 heterocycles. The molecule has 68 valence electrons. The fourth-order valence-electron chi connectivity index (χ4n) is 3.05. The van der Waals surface area contributed by atoms with Crippen molar-refractivity contribution in [2.45, 2.75) is 38.6 Å². The minimum absolute atomic E-state index is 0.191. The van der Waals surface area contributed by atoms with E-state index in [1.165, 1.54) is 19.3 Å². The highest BCUT2D eigenvalue weighted by Crippen LogP contribution is 2.48. The molecular formula is C10H17NO. The van der Waals surface area contributed by atoms with Gasteiger partial charge in [-0.1, -0.05) is 6.92 Å². The summed E-state index contributed by atoms with van der Waals surface area (Å²) in [5.41, 5.74) is 6.02. The van der Waals surface area contributed by atoms with E-state index in [0.717, 1.165) is 0 Å². The molecule has 0 saturated heterocycles. The lowest BCUT2D eigenvalue weighted by Gasteiger charge is -2.26. The first kappa shape index (κ1) is 8.24. The minimum Gasteiger partial charge on any atom is -0.327 e. The number of rotatable bonds is 2. The van der Waals surface area contributed by atoms with Crippen LogP contribution in [-0.2, 0) is 4.79 Å². The van der Waals surface area contributed by atoms with Gasteiger partial charge in [-0.05, 0) is 31.1 Å². The van der Waals surface area contributed by atoms with Gasteiger partial charge in [0, 0.05) is 18.4 Å². The molecular weight excluding hydrogens is 150 g/mol. The van der Waals surface area contributed by atoms with Gasteiger partial charge in [0.15, 0.2) is 0 Å². The lowest BCUT2D eigenvalue weighted by Crippen LogP contribution is -2.39. The standard InChI is InChI=1S/C10H17NO/c1-2-8(12)9-6-3-4-7(5-6)10(9)11/h6-7,9-10H,2-5,11H2,1H3. The van der Waals surface area contributed by atoms with Gasteiger partial charge in [-0.2, -0.15) is 0 Å². The van der Waals surface area contributed by atoms with Crippen LogP contribution in [0.5, 0.6) is 0 Å². The smallest absolute Gasteiger partial charge is 0.137 e. The zero-order chi connectivity index (χ0) is 8.72. The van der Waals surface area contributed by atoms with Crippen LogP contribution in [0, 0.1) is 17.8 Å². The van der Waals surface area contributed by atoms with Crippen LogP contribution in [0.2, 0.25) is 0 Å². The average molecular weight is 167 g/mol. The number of hydrogen-bond acceptors (Lipinski definition) is 2. The summed E-state index contributed by atoms with van der Waals surface area (Å²) in [6.45, 7) is 1.95. The fraction of sp³-hybridized carbons (Fsp3) is 0.900. The quantitative estimate of drug-likeness (QED) is 0.674. The summed E-state index contributed by atoms with van der Waals surface area (Å²) in [7, 11) is 0. The third kappa shape index (κ3) is 1.01. The Morgan fingerprint density at radius 2 is 2.08 bits per heavy atom. The molecule has 2 N–H and O–H groups in total. The van der Waals surface area contributed by atoms with E-state index in [0.29, 0.717) is 24.0 Å². The Kier molecular flexibility index (Phi) is 1.95. The van der Waals surface area contributed by atoms with Gasteiger partial charge in [-0.25, -0.2) is 0 Å². The topological polar surface area (TPSA) is 43.1 Å². The third-order valence-electron chi connectivity index (χ3n) is 3.70. The molecule has 2 bridgehead atoms. The number of Topliss-reactive ketones (excluding diaryl/α,β-unsaturated/α-hetero) is 1. The molecule has 0 spiro atoms. The van der Waals surface area contributed by atoms with Gasteiger partial charge in [0.05, 0.1) is 0 Å². The van der Waals surface area contributed by atoms with Crippen molar-refractivity contribution in [3.63, 3.8) is 0 Å². The van der Waals surface area contributed by atoms with E-state index in [1.54, 1.807) is 0 Å². The van der Waals surface area contributed by atoms with Crippen molar-refractivity contribution in [3.8, 4) is 0 Å². The summed E-state index contributed by atoms with van der Waals surface area (Å²) < 4.78 is 0. The maximum Gasteiger partial charge on any atom is 0.137 e. The maximum atomic E-state index is 11.5. The molecule has 0 amide bonds. The van der Waals surface area contributed by atoms with Crippen LogP contribution in [0.25, 0.3) is 0 Å². The second-order valence-electron chi connectivity index (χ2n) is 4.26. The number of carbonyl (C=O) groups excluding carboxylic acids is 1. The van der Waals surface area contributed by atoms with Crippen LogP contribution in [0.15, 0.2) is 0 Å². The summed E-state index contributed by atoms with van der Waals surface area (Å²) in [5, 5.41) is 0. The number of carbonyl (C=O) groups is 1. The molecule has 12 heavy (non-hydrogen) atoms. The van der Waals surface area contributed by atoms with E-state index in [2.05, 4.69) is 0 Å². The number of nitrogens with two attached hydrogens (primary N) is 1. The minimum atomic E-state index is 0.191. The highest BCUT2D eigenvalue weighted by molar-refractivity contribution is 5.82. The van der Waals surface area contributed by atoms with E-state index in [-0.39, 0.29) is 12.0 Å². The first-order valence-corrected chi connectivity index (χ1v) is 5.02. The van der Waals surface area contributed by atoms with Crippen LogP contribution in [0.3, 0.4) is 0 Å². The molecule has 0 aliphatic heterocycles. The first-order valence-electron chi connectivity index (χ1n) is 5.02. The lowest BCUT2D eigenvalue weighted by atomic mass is 9.81. The van der Waals surface area contributed by atoms with Gasteiger partial charge in [-0.3, -0.25) is 4.79 Å². The summed E-state index contributed by atoms with van der Waals surface area (Å²) in [5.74, 6) is 1.91. The summed E-state index contributed by atoms with van der Waals surface area (Å²) >= 11 is 0. The molecule has 2 heteroatoms. The van der Waals surface area contributed by atoms with Crippen LogP contribution >= 0.6 is 0 Å². The van der Waals surface area contributed by atoms with Crippen molar-refractivity contribution in [1.82, 2.24) is 0 Å². The van der Waals surface area contributed by atoms with Gasteiger partial charge < -0.3 is 5.73 Å². The van der Waals surface area contributed by atoms with Crippen molar-refractivity contribution in [3.05, 3.63) is 0 Å². The average Bonchev–Trinajstić information content (AvgIpc) is 2.63. The molecule has 4 atom stereocenters. The van der Waals surface area contributed by atoms with Crippen LogP contribution < -0.4 is 5.73 Å². The van der Waals surface area contributed by atoms with Crippen molar-refractivity contribution < 1.29 is 4.79 Å². The SMILES string of the molecule is CCC(=O)C1C2CCC(C2)C1N. The van der Waals surface area contributed by atoms with Crippen molar-refractivity contribution in [2.75, 3.05) is 0 Å². The molecule has 0 aromatic rings. The maximum absolute atomic E-state index is 11.5. The predicted molar refractivity (Wildman–Crippen MR) is 47.6 cm³/mol. The normalized spacial score (nSPS) is 45.2. The summed E-state index contributed by atoms with van der Waals surface area (Å²) in [4.78, 5) is 11.5. The van der Waals surface area contributed by atoms with Crippen molar-refractivity contribution in [2.24, 2.45) is 23.5 Å². The number of ketones is 1. The molecule has 2 aliphatic carbocycles. The van der Waals surface area contributed by atoms with Crippen LogP contribution in [0.1, 0.15) is 32.6 Å². The van der Waals surface area contributed by atoms with Gasteiger partial charge in [0.2, 0.25) is 0 Å². The molecule has 2 saturated carbocycles.